The van der Waals surface area contributed by atoms with Crippen LogP contribution in [0.1, 0.15) is 79.1 Å². The second-order valence-electron chi connectivity index (χ2n) is 8.52. The van der Waals surface area contributed by atoms with Gasteiger partial charge in [-0.15, -0.1) is 0 Å². The summed E-state index contributed by atoms with van der Waals surface area (Å²) in [6.45, 7) is 9.71. The van der Waals surface area contributed by atoms with E-state index in [1.165, 1.54) is 51.4 Å². The van der Waals surface area contributed by atoms with Crippen LogP contribution in [0, 0.1) is 23.7 Å². The quantitative estimate of drug-likeness (QED) is 0.489. The lowest BCUT2D eigenvalue weighted by molar-refractivity contribution is 0.355. The summed E-state index contributed by atoms with van der Waals surface area (Å²) in [5.74, 6) is 3.47. The third-order valence-electron chi connectivity index (χ3n) is 6.49. The molecule has 0 aromatic carbocycles. The average Bonchev–Trinajstić information content (AvgIpc) is 2.49. The van der Waals surface area contributed by atoms with Gasteiger partial charge in [-0.25, -0.2) is 0 Å². The Morgan fingerprint density at radius 3 is 2.18 bits per heavy atom. The number of hydrogen-bond acceptors (Lipinski definition) is 0. The first-order valence-electron chi connectivity index (χ1n) is 9.61. The van der Waals surface area contributed by atoms with Crippen molar-refractivity contribution in [2.75, 3.05) is 0 Å². The largest absolute Gasteiger partial charge is 0.0808 e. The fourth-order valence-electron chi connectivity index (χ4n) is 4.95. The maximum absolute atomic E-state index is 2.60. The fourth-order valence-corrected chi connectivity index (χ4v) is 4.95. The molecule has 0 amide bonds. The van der Waals surface area contributed by atoms with Crippen LogP contribution in [0.5, 0.6) is 0 Å². The van der Waals surface area contributed by atoms with E-state index in [2.05, 4.69) is 39.8 Å². The van der Waals surface area contributed by atoms with Gasteiger partial charge in [0, 0.05) is 0 Å². The Hall–Kier alpha value is -0.780. The Kier molecular flexibility index (Phi) is 4.95. The van der Waals surface area contributed by atoms with E-state index in [4.69, 9.17) is 0 Å². The maximum atomic E-state index is 2.60. The first kappa shape index (κ1) is 16.1. The molecule has 0 bridgehead atoms. The molecule has 0 aromatic heterocycles. The molecule has 4 atom stereocenters. The van der Waals surface area contributed by atoms with Gasteiger partial charge in [-0.05, 0) is 93.1 Å². The SMILES string of the molecule is CC1=C(C2CC=C(C3=CC[C@@H](C)CC3)CC2C)CCC(C)C1. The van der Waals surface area contributed by atoms with Gasteiger partial charge in [-0.1, -0.05) is 44.1 Å². The van der Waals surface area contributed by atoms with E-state index in [1.54, 1.807) is 16.7 Å². The molecule has 0 heteroatoms. The molecule has 3 aliphatic carbocycles. The first-order chi connectivity index (χ1) is 10.5. The highest BCUT2D eigenvalue weighted by molar-refractivity contribution is 5.35. The van der Waals surface area contributed by atoms with Crippen molar-refractivity contribution < 1.29 is 0 Å². The van der Waals surface area contributed by atoms with Crippen molar-refractivity contribution in [3.63, 3.8) is 0 Å². The highest BCUT2D eigenvalue weighted by Gasteiger charge is 2.29. The lowest BCUT2D eigenvalue weighted by Crippen LogP contribution is -2.23. The van der Waals surface area contributed by atoms with Crippen molar-refractivity contribution >= 4 is 0 Å². The van der Waals surface area contributed by atoms with Gasteiger partial charge in [0.1, 0.15) is 0 Å². The Morgan fingerprint density at radius 1 is 0.818 bits per heavy atom. The molecule has 0 aromatic rings. The molecule has 0 aliphatic heterocycles. The van der Waals surface area contributed by atoms with Crippen LogP contribution >= 0.6 is 0 Å². The molecule has 3 aliphatic rings. The minimum atomic E-state index is 0.832. The molecule has 0 spiro atoms. The van der Waals surface area contributed by atoms with Crippen molar-refractivity contribution in [3.05, 3.63) is 34.4 Å². The van der Waals surface area contributed by atoms with E-state index in [0.717, 1.165) is 23.7 Å². The Morgan fingerprint density at radius 2 is 1.55 bits per heavy atom. The lowest BCUT2D eigenvalue weighted by atomic mass is 9.69. The van der Waals surface area contributed by atoms with Crippen LogP contribution in [-0.4, -0.2) is 0 Å². The monoisotopic (exact) mass is 298 g/mol. The van der Waals surface area contributed by atoms with Crippen molar-refractivity contribution in [2.45, 2.75) is 79.1 Å². The molecule has 0 fully saturated rings. The molecule has 22 heavy (non-hydrogen) atoms. The van der Waals surface area contributed by atoms with Crippen LogP contribution in [-0.2, 0) is 0 Å². The van der Waals surface area contributed by atoms with Gasteiger partial charge in [-0.3, -0.25) is 0 Å². The van der Waals surface area contributed by atoms with Crippen LogP contribution in [0.2, 0.25) is 0 Å². The van der Waals surface area contributed by atoms with E-state index in [0.29, 0.717) is 0 Å². The molecule has 0 nitrogen and oxygen atoms in total. The Balaban J connectivity index is 1.72. The summed E-state index contributed by atoms with van der Waals surface area (Å²) in [6.07, 6.45) is 15.9. The minimum Gasteiger partial charge on any atom is -0.0808 e. The van der Waals surface area contributed by atoms with Crippen LogP contribution in [0.25, 0.3) is 0 Å². The van der Waals surface area contributed by atoms with E-state index in [-0.39, 0.29) is 0 Å². The van der Waals surface area contributed by atoms with Crippen LogP contribution < -0.4 is 0 Å². The summed E-state index contributed by atoms with van der Waals surface area (Å²) < 4.78 is 0. The zero-order valence-corrected chi connectivity index (χ0v) is 15.1. The summed E-state index contributed by atoms with van der Waals surface area (Å²) in [6, 6.07) is 0. The standard InChI is InChI=1S/C22H34/c1-15-5-8-19(9-6-15)20-10-12-22(18(4)14-20)21-11-7-16(2)13-17(21)3/h8,10,15-16,18,22H,5-7,9,11-14H2,1-4H3/t15-,16?,18?,22?/m1/s1. The van der Waals surface area contributed by atoms with Crippen molar-refractivity contribution in [1.82, 2.24) is 0 Å². The molecule has 122 valence electrons. The minimum absolute atomic E-state index is 0.832. The summed E-state index contributed by atoms with van der Waals surface area (Å²) in [5.41, 5.74) is 6.93. The Bertz CT molecular complexity index is 502. The molecule has 0 heterocycles. The molecular weight excluding hydrogens is 264 g/mol. The van der Waals surface area contributed by atoms with Gasteiger partial charge in [-0.2, -0.15) is 0 Å². The summed E-state index contributed by atoms with van der Waals surface area (Å²) in [4.78, 5) is 0. The number of hydrogen-bond donors (Lipinski definition) is 0. The van der Waals surface area contributed by atoms with Gasteiger partial charge in [0.05, 0.1) is 0 Å². The third kappa shape index (κ3) is 3.42. The molecular formula is C22H34. The molecule has 0 saturated carbocycles. The topological polar surface area (TPSA) is 0 Å². The van der Waals surface area contributed by atoms with Crippen LogP contribution in [0.15, 0.2) is 34.4 Å². The number of rotatable bonds is 2. The third-order valence-corrected chi connectivity index (χ3v) is 6.49. The van der Waals surface area contributed by atoms with Crippen LogP contribution in [0.4, 0.5) is 0 Å². The smallest absolute Gasteiger partial charge is 0.0137 e. The summed E-state index contributed by atoms with van der Waals surface area (Å²) in [5, 5.41) is 0. The Labute approximate surface area is 137 Å². The van der Waals surface area contributed by atoms with Gasteiger partial charge in [0.15, 0.2) is 0 Å². The predicted octanol–water partition coefficient (Wildman–Crippen LogP) is 6.84. The maximum Gasteiger partial charge on any atom is -0.0137 e. The molecule has 3 unspecified atom stereocenters. The van der Waals surface area contributed by atoms with Crippen molar-refractivity contribution in [2.24, 2.45) is 23.7 Å². The second kappa shape index (κ2) is 6.77. The van der Waals surface area contributed by atoms with E-state index >= 15 is 0 Å². The molecule has 0 radical (unpaired) electrons. The molecule has 3 rings (SSSR count). The van der Waals surface area contributed by atoms with E-state index in [9.17, 15) is 0 Å². The summed E-state index contributed by atoms with van der Waals surface area (Å²) >= 11 is 0. The van der Waals surface area contributed by atoms with E-state index in [1.807, 2.05) is 5.57 Å². The normalized spacial score (nSPS) is 36.9. The zero-order chi connectivity index (χ0) is 15.7. The van der Waals surface area contributed by atoms with Crippen LogP contribution in [0.3, 0.4) is 0 Å². The van der Waals surface area contributed by atoms with Gasteiger partial charge >= 0.3 is 0 Å². The van der Waals surface area contributed by atoms with Gasteiger partial charge in [0.2, 0.25) is 0 Å². The number of allylic oxidation sites excluding steroid dienone is 6. The van der Waals surface area contributed by atoms with Crippen molar-refractivity contribution in [3.8, 4) is 0 Å². The summed E-state index contributed by atoms with van der Waals surface area (Å²) in [7, 11) is 0. The first-order valence-corrected chi connectivity index (χ1v) is 9.61. The van der Waals surface area contributed by atoms with E-state index < -0.39 is 0 Å². The second-order valence-corrected chi connectivity index (χ2v) is 8.52. The zero-order valence-electron chi connectivity index (χ0n) is 15.1. The highest BCUT2D eigenvalue weighted by atomic mass is 14.3. The molecule has 0 saturated heterocycles. The lowest BCUT2D eigenvalue weighted by Gasteiger charge is -2.36. The fraction of sp³-hybridized carbons (Fsp3) is 0.727. The highest BCUT2D eigenvalue weighted by Crippen LogP contribution is 2.44. The van der Waals surface area contributed by atoms with Crippen molar-refractivity contribution in [1.29, 1.82) is 0 Å². The molecule has 0 N–H and O–H groups in total. The average molecular weight is 299 g/mol. The van der Waals surface area contributed by atoms with Gasteiger partial charge < -0.3 is 0 Å². The predicted molar refractivity (Wildman–Crippen MR) is 96.8 cm³/mol. The van der Waals surface area contributed by atoms with Gasteiger partial charge in [0.25, 0.3) is 0 Å².